The second-order valence-corrected chi connectivity index (χ2v) is 4.45. The third-order valence-electron chi connectivity index (χ3n) is 2.93. The first kappa shape index (κ1) is 14.4. The first-order valence-electron chi connectivity index (χ1n) is 5.94. The molecule has 0 aliphatic heterocycles. The summed E-state index contributed by atoms with van der Waals surface area (Å²) >= 11 is 0. The predicted octanol–water partition coefficient (Wildman–Crippen LogP) is -1.18. The molecule has 0 bridgehead atoms. The Morgan fingerprint density at radius 3 is 2.71 bits per heavy atom. The number of nitrogens with zero attached hydrogens (tertiary/aromatic N) is 2. The second kappa shape index (κ2) is 5.19. The van der Waals surface area contributed by atoms with Gasteiger partial charge in [0.15, 0.2) is 0 Å². The monoisotopic (exact) mass is 292 g/mol. The Balaban J connectivity index is 2.49. The van der Waals surface area contributed by atoms with E-state index in [0.29, 0.717) is 0 Å². The van der Waals surface area contributed by atoms with Crippen LogP contribution in [0.3, 0.4) is 0 Å². The molecule has 0 aromatic carbocycles. The summed E-state index contributed by atoms with van der Waals surface area (Å²) in [5.74, 6) is -1.86. The fourth-order valence-electron chi connectivity index (χ4n) is 1.70. The highest BCUT2D eigenvalue weighted by Crippen LogP contribution is 2.07. The number of pyridine rings is 1. The van der Waals surface area contributed by atoms with Gasteiger partial charge >= 0.3 is 11.7 Å². The molecular formula is C12H12N4O5. The highest BCUT2D eigenvalue weighted by Gasteiger charge is 2.17. The van der Waals surface area contributed by atoms with Crippen LogP contribution in [0.4, 0.5) is 0 Å². The molecular weight excluding hydrogens is 280 g/mol. The van der Waals surface area contributed by atoms with Crippen LogP contribution in [0.2, 0.25) is 0 Å². The van der Waals surface area contributed by atoms with Crippen molar-refractivity contribution in [3.8, 4) is 0 Å². The van der Waals surface area contributed by atoms with E-state index in [4.69, 9.17) is 5.11 Å². The number of carboxylic acid groups (broad SMARTS) is 1. The van der Waals surface area contributed by atoms with Gasteiger partial charge in [0.1, 0.15) is 11.7 Å². The Bertz CT molecular complexity index is 851. The van der Waals surface area contributed by atoms with Crippen molar-refractivity contribution in [2.75, 3.05) is 0 Å². The third kappa shape index (κ3) is 2.66. The van der Waals surface area contributed by atoms with Gasteiger partial charge in [0, 0.05) is 13.2 Å². The van der Waals surface area contributed by atoms with Gasteiger partial charge in [-0.25, -0.2) is 9.78 Å². The molecule has 0 saturated heterocycles. The van der Waals surface area contributed by atoms with E-state index in [-0.39, 0.29) is 16.6 Å². The molecule has 110 valence electrons. The zero-order valence-corrected chi connectivity index (χ0v) is 11.2. The number of carbonyl (C=O) groups is 2. The Hall–Kier alpha value is -2.97. The average Bonchev–Trinajstić information content (AvgIpc) is 2.44. The number of amides is 1. The number of H-pyrrole nitrogens is 1. The lowest BCUT2D eigenvalue weighted by molar-refractivity contribution is -0.138. The van der Waals surface area contributed by atoms with Crippen molar-refractivity contribution in [2.24, 2.45) is 7.05 Å². The molecule has 0 unspecified atom stereocenters. The van der Waals surface area contributed by atoms with E-state index >= 15 is 0 Å². The molecule has 0 radical (unpaired) electrons. The smallest absolute Gasteiger partial charge is 0.329 e. The quantitative estimate of drug-likeness (QED) is 0.652. The van der Waals surface area contributed by atoms with Gasteiger partial charge in [-0.1, -0.05) is 0 Å². The van der Waals surface area contributed by atoms with Gasteiger partial charge in [0.05, 0.1) is 10.9 Å². The number of hydrogen-bond donors (Lipinski definition) is 3. The van der Waals surface area contributed by atoms with Crippen LogP contribution >= 0.6 is 0 Å². The van der Waals surface area contributed by atoms with Crippen LogP contribution in [0.15, 0.2) is 21.9 Å². The zero-order chi connectivity index (χ0) is 15.7. The van der Waals surface area contributed by atoms with Crippen LogP contribution < -0.4 is 16.6 Å². The second-order valence-electron chi connectivity index (χ2n) is 4.45. The maximum Gasteiger partial charge on any atom is 0.329 e. The van der Waals surface area contributed by atoms with E-state index in [1.54, 1.807) is 0 Å². The molecule has 2 rings (SSSR count). The van der Waals surface area contributed by atoms with Gasteiger partial charge in [-0.3, -0.25) is 23.9 Å². The summed E-state index contributed by atoms with van der Waals surface area (Å²) < 4.78 is 1.14. The summed E-state index contributed by atoms with van der Waals surface area (Å²) in [6, 6.07) is 0.177. The molecule has 9 nitrogen and oxygen atoms in total. The van der Waals surface area contributed by atoms with Crippen molar-refractivity contribution in [3.63, 3.8) is 0 Å². The summed E-state index contributed by atoms with van der Waals surface area (Å²) in [5, 5.41) is 11.0. The molecule has 2 heterocycles. The molecule has 21 heavy (non-hydrogen) atoms. The van der Waals surface area contributed by atoms with Gasteiger partial charge in [-0.15, -0.1) is 0 Å². The number of hydrogen-bond acceptors (Lipinski definition) is 5. The lowest BCUT2D eigenvalue weighted by Crippen LogP contribution is -2.38. The van der Waals surface area contributed by atoms with Crippen LogP contribution in [-0.4, -0.2) is 37.6 Å². The van der Waals surface area contributed by atoms with Crippen LogP contribution in [-0.2, 0) is 11.8 Å². The average molecular weight is 292 g/mol. The molecule has 9 heteroatoms. The number of aliphatic carboxylic acids is 1. The number of rotatable bonds is 3. The lowest BCUT2D eigenvalue weighted by atomic mass is 10.2. The number of fused-ring (bicyclic) bond motifs is 1. The summed E-state index contributed by atoms with van der Waals surface area (Å²) in [6.45, 7) is 1.31. The van der Waals surface area contributed by atoms with Crippen LogP contribution in [0.5, 0.6) is 0 Å². The number of aryl methyl sites for hydroxylation is 1. The Morgan fingerprint density at radius 1 is 1.43 bits per heavy atom. The summed E-state index contributed by atoms with van der Waals surface area (Å²) in [5.41, 5.74) is -1.12. The number of carbonyl (C=O) groups excluding carboxylic acids is 1. The summed E-state index contributed by atoms with van der Waals surface area (Å²) in [6.07, 6.45) is 1.17. The number of nitrogens with one attached hydrogen (secondary N) is 2. The summed E-state index contributed by atoms with van der Waals surface area (Å²) in [7, 11) is 1.43. The SMILES string of the molecule is C[C@@H](NC(=O)c1cnc2c(c1)c(=O)[nH]c(=O)n2C)C(=O)O. The van der Waals surface area contributed by atoms with E-state index in [1.807, 2.05) is 0 Å². The van der Waals surface area contributed by atoms with Crippen LogP contribution in [0.1, 0.15) is 17.3 Å². The van der Waals surface area contributed by atoms with Gasteiger partial charge < -0.3 is 10.4 Å². The van der Waals surface area contributed by atoms with Gasteiger partial charge in [0.2, 0.25) is 0 Å². The highest BCUT2D eigenvalue weighted by atomic mass is 16.4. The van der Waals surface area contributed by atoms with E-state index < -0.39 is 29.2 Å². The molecule has 0 saturated carbocycles. The molecule has 0 spiro atoms. The summed E-state index contributed by atoms with van der Waals surface area (Å²) in [4.78, 5) is 51.7. The molecule has 2 aromatic rings. The first-order chi connectivity index (χ1) is 9.81. The van der Waals surface area contributed by atoms with Crippen molar-refractivity contribution in [1.82, 2.24) is 19.9 Å². The van der Waals surface area contributed by atoms with Crippen LogP contribution in [0.25, 0.3) is 11.0 Å². The van der Waals surface area contributed by atoms with Crippen LogP contribution in [0, 0.1) is 0 Å². The predicted molar refractivity (Wildman–Crippen MR) is 72.2 cm³/mol. The Kier molecular flexibility index (Phi) is 3.57. The van der Waals surface area contributed by atoms with Crippen molar-refractivity contribution in [2.45, 2.75) is 13.0 Å². The minimum Gasteiger partial charge on any atom is -0.480 e. The normalized spacial score (nSPS) is 12.1. The number of carboxylic acids is 1. The fourth-order valence-corrected chi connectivity index (χ4v) is 1.70. The van der Waals surface area contributed by atoms with E-state index in [1.165, 1.54) is 26.2 Å². The van der Waals surface area contributed by atoms with Gasteiger partial charge in [-0.2, -0.15) is 0 Å². The fraction of sp³-hybridized carbons (Fsp3) is 0.250. The maximum absolute atomic E-state index is 11.9. The Morgan fingerprint density at radius 2 is 2.10 bits per heavy atom. The molecule has 2 aromatic heterocycles. The van der Waals surface area contributed by atoms with Crippen molar-refractivity contribution in [1.29, 1.82) is 0 Å². The van der Waals surface area contributed by atoms with Crippen molar-refractivity contribution in [3.05, 3.63) is 38.7 Å². The first-order valence-corrected chi connectivity index (χ1v) is 5.94. The topological polar surface area (TPSA) is 134 Å². The van der Waals surface area contributed by atoms with Gasteiger partial charge in [0.25, 0.3) is 11.5 Å². The molecule has 3 N–H and O–H groups in total. The number of aromatic amines is 1. The number of aromatic nitrogens is 3. The molecule has 0 aliphatic rings. The Labute approximate surface area is 117 Å². The lowest BCUT2D eigenvalue weighted by Gasteiger charge is -2.09. The van der Waals surface area contributed by atoms with E-state index in [9.17, 15) is 19.2 Å². The van der Waals surface area contributed by atoms with Crippen molar-refractivity contribution >= 4 is 22.9 Å². The van der Waals surface area contributed by atoms with E-state index in [0.717, 1.165) is 4.57 Å². The largest absolute Gasteiger partial charge is 0.480 e. The standard InChI is InChI=1S/C12H12N4O5/c1-5(11(19)20)14-9(17)6-3-7-8(13-4-6)16(2)12(21)15-10(7)18/h3-5H,1-2H3,(H,14,17)(H,19,20)(H,15,18,21)/t5-/m1/s1. The minimum absolute atomic E-state index is 0.0275. The minimum atomic E-state index is -1.18. The maximum atomic E-state index is 11.9. The molecule has 0 aliphatic carbocycles. The van der Waals surface area contributed by atoms with E-state index in [2.05, 4.69) is 15.3 Å². The zero-order valence-electron chi connectivity index (χ0n) is 11.2. The van der Waals surface area contributed by atoms with Gasteiger partial charge in [-0.05, 0) is 13.0 Å². The molecule has 1 amide bonds. The highest BCUT2D eigenvalue weighted by molar-refractivity contribution is 5.98. The third-order valence-corrected chi connectivity index (χ3v) is 2.93. The van der Waals surface area contributed by atoms with Crippen molar-refractivity contribution < 1.29 is 14.7 Å². The molecule has 0 fully saturated rings. The molecule has 1 atom stereocenters.